The number of rotatable bonds is 3. The van der Waals surface area contributed by atoms with E-state index in [1.165, 1.54) is 0 Å². The average Bonchev–Trinajstić information content (AvgIpc) is 2.90. The summed E-state index contributed by atoms with van der Waals surface area (Å²) < 4.78 is 6.87. The molecule has 0 bridgehead atoms. The van der Waals surface area contributed by atoms with Crippen LogP contribution in [0.15, 0.2) is 6.33 Å². The van der Waals surface area contributed by atoms with Crippen LogP contribution in [-0.2, 0) is 11.8 Å². The van der Waals surface area contributed by atoms with Crippen molar-refractivity contribution in [1.82, 2.24) is 9.55 Å². The van der Waals surface area contributed by atoms with Crippen molar-refractivity contribution in [3.8, 4) is 0 Å². The van der Waals surface area contributed by atoms with Gasteiger partial charge in [0.1, 0.15) is 0 Å². The second-order valence-electron chi connectivity index (χ2n) is 3.58. The lowest BCUT2D eigenvalue weighted by atomic mass is 10.2. The molecule has 1 aliphatic carbocycles. The summed E-state index contributed by atoms with van der Waals surface area (Å²) in [6.07, 6.45) is 4.00. The number of hydrogen-bond donors (Lipinski definition) is 0. The first-order chi connectivity index (χ1) is 6.74. The molecule has 0 N–H and O–H groups in total. The van der Waals surface area contributed by atoms with E-state index in [0.29, 0.717) is 18.2 Å². The predicted octanol–water partition coefficient (Wildman–Crippen LogP) is 1.47. The van der Waals surface area contributed by atoms with E-state index in [1.807, 2.05) is 11.6 Å². The standard InChI is InChI=1S/C10H14N2O2/c1-3-14-10(13)8-9(7-4-5-7)12(2)6-11-8/h6-7H,3-5H2,1-2H3. The van der Waals surface area contributed by atoms with Crippen molar-refractivity contribution in [2.24, 2.45) is 7.05 Å². The highest BCUT2D eigenvalue weighted by molar-refractivity contribution is 5.88. The molecule has 0 spiro atoms. The maximum atomic E-state index is 11.5. The Labute approximate surface area is 82.9 Å². The second kappa shape index (κ2) is 3.44. The lowest BCUT2D eigenvalue weighted by molar-refractivity contribution is 0.0518. The summed E-state index contributed by atoms with van der Waals surface area (Å²) in [5.74, 6) is 0.219. The molecule has 0 saturated heterocycles. The van der Waals surface area contributed by atoms with E-state index in [1.54, 1.807) is 13.3 Å². The summed E-state index contributed by atoms with van der Waals surface area (Å²) in [4.78, 5) is 15.6. The van der Waals surface area contributed by atoms with Crippen LogP contribution in [0.2, 0.25) is 0 Å². The molecular formula is C10H14N2O2. The Morgan fingerprint density at radius 3 is 3.00 bits per heavy atom. The van der Waals surface area contributed by atoms with Crippen molar-refractivity contribution >= 4 is 5.97 Å². The highest BCUT2D eigenvalue weighted by Crippen LogP contribution is 2.41. The molecule has 4 heteroatoms. The van der Waals surface area contributed by atoms with Crippen LogP contribution < -0.4 is 0 Å². The van der Waals surface area contributed by atoms with E-state index < -0.39 is 0 Å². The molecule has 0 aromatic carbocycles. The molecule has 76 valence electrons. The van der Waals surface area contributed by atoms with E-state index >= 15 is 0 Å². The molecule has 0 aliphatic heterocycles. The Kier molecular flexibility index (Phi) is 2.27. The van der Waals surface area contributed by atoms with Gasteiger partial charge in [0.05, 0.1) is 18.6 Å². The maximum absolute atomic E-state index is 11.5. The van der Waals surface area contributed by atoms with Crippen molar-refractivity contribution in [3.05, 3.63) is 17.7 Å². The molecule has 2 rings (SSSR count). The van der Waals surface area contributed by atoms with Crippen molar-refractivity contribution in [2.75, 3.05) is 6.61 Å². The number of hydrogen-bond acceptors (Lipinski definition) is 3. The van der Waals surface area contributed by atoms with Gasteiger partial charge in [0.2, 0.25) is 0 Å². The fourth-order valence-electron chi connectivity index (χ4n) is 1.63. The van der Waals surface area contributed by atoms with Crippen LogP contribution in [0, 0.1) is 0 Å². The fraction of sp³-hybridized carbons (Fsp3) is 0.600. The summed E-state index contributed by atoms with van der Waals surface area (Å²) in [5, 5.41) is 0. The van der Waals surface area contributed by atoms with Crippen LogP contribution in [0.25, 0.3) is 0 Å². The molecule has 1 saturated carbocycles. The van der Waals surface area contributed by atoms with E-state index in [4.69, 9.17) is 4.74 Å². The van der Waals surface area contributed by atoms with Crippen LogP contribution >= 0.6 is 0 Å². The number of esters is 1. The summed E-state index contributed by atoms with van der Waals surface area (Å²) in [6, 6.07) is 0. The van der Waals surface area contributed by atoms with Crippen LogP contribution in [0.1, 0.15) is 41.9 Å². The number of carbonyl (C=O) groups is 1. The SMILES string of the molecule is CCOC(=O)c1ncn(C)c1C1CC1. The van der Waals surface area contributed by atoms with Crippen LogP contribution in [0.4, 0.5) is 0 Å². The minimum absolute atomic E-state index is 0.296. The molecule has 0 unspecified atom stereocenters. The molecule has 0 amide bonds. The monoisotopic (exact) mass is 194 g/mol. The van der Waals surface area contributed by atoms with Gasteiger partial charge in [0.25, 0.3) is 0 Å². The number of carbonyl (C=O) groups excluding carboxylic acids is 1. The van der Waals surface area contributed by atoms with Crippen molar-refractivity contribution < 1.29 is 9.53 Å². The zero-order chi connectivity index (χ0) is 10.1. The van der Waals surface area contributed by atoms with E-state index in [-0.39, 0.29) is 5.97 Å². The predicted molar refractivity (Wildman–Crippen MR) is 51.1 cm³/mol. The van der Waals surface area contributed by atoms with E-state index in [9.17, 15) is 4.79 Å². The van der Waals surface area contributed by atoms with Gasteiger partial charge in [-0.2, -0.15) is 0 Å². The first kappa shape index (κ1) is 9.24. The number of nitrogens with zero attached hydrogens (tertiary/aromatic N) is 2. The Hall–Kier alpha value is -1.32. The molecule has 0 atom stereocenters. The summed E-state index contributed by atoms with van der Waals surface area (Å²) >= 11 is 0. The molecule has 4 nitrogen and oxygen atoms in total. The van der Waals surface area contributed by atoms with Crippen molar-refractivity contribution in [3.63, 3.8) is 0 Å². The fourth-order valence-corrected chi connectivity index (χ4v) is 1.63. The lowest BCUT2D eigenvalue weighted by Crippen LogP contribution is -2.09. The average molecular weight is 194 g/mol. The lowest BCUT2D eigenvalue weighted by Gasteiger charge is -2.03. The molecule has 1 fully saturated rings. The van der Waals surface area contributed by atoms with Gasteiger partial charge in [-0.1, -0.05) is 0 Å². The van der Waals surface area contributed by atoms with E-state index in [0.717, 1.165) is 18.5 Å². The number of aromatic nitrogens is 2. The molecule has 1 heterocycles. The molecular weight excluding hydrogens is 180 g/mol. The van der Waals surface area contributed by atoms with Gasteiger partial charge < -0.3 is 9.30 Å². The van der Waals surface area contributed by atoms with Gasteiger partial charge >= 0.3 is 5.97 Å². The third kappa shape index (κ3) is 1.52. The van der Waals surface area contributed by atoms with Gasteiger partial charge in [-0.25, -0.2) is 9.78 Å². The zero-order valence-electron chi connectivity index (χ0n) is 8.49. The Morgan fingerprint density at radius 2 is 2.43 bits per heavy atom. The quantitative estimate of drug-likeness (QED) is 0.684. The van der Waals surface area contributed by atoms with Crippen molar-refractivity contribution in [2.45, 2.75) is 25.7 Å². The van der Waals surface area contributed by atoms with Gasteiger partial charge in [-0.05, 0) is 19.8 Å². The van der Waals surface area contributed by atoms with Gasteiger partial charge in [-0.15, -0.1) is 0 Å². The van der Waals surface area contributed by atoms with Gasteiger partial charge in [0.15, 0.2) is 5.69 Å². The van der Waals surface area contributed by atoms with Crippen LogP contribution in [0.3, 0.4) is 0 Å². The number of ether oxygens (including phenoxy) is 1. The second-order valence-corrected chi connectivity index (χ2v) is 3.58. The molecule has 1 aromatic heterocycles. The Bertz CT molecular complexity index is 353. The van der Waals surface area contributed by atoms with Gasteiger partial charge in [-0.3, -0.25) is 0 Å². The van der Waals surface area contributed by atoms with Gasteiger partial charge in [0, 0.05) is 13.0 Å². The summed E-state index contributed by atoms with van der Waals surface area (Å²) in [5.41, 5.74) is 1.53. The van der Waals surface area contributed by atoms with Crippen LogP contribution in [-0.4, -0.2) is 22.1 Å². The minimum atomic E-state index is -0.296. The number of aryl methyl sites for hydroxylation is 1. The van der Waals surface area contributed by atoms with Crippen molar-refractivity contribution in [1.29, 1.82) is 0 Å². The first-order valence-electron chi connectivity index (χ1n) is 4.92. The molecule has 1 aromatic rings. The summed E-state index contributed by atoms with van der Waals surface area (Å²) in [7, 11) is 1.92. The highest BCUT2D eigenvalue weighted by Gasteiger charge is 2.32. The normalized spacial score (nSPS) is 15.6. The molecule has 1 aliphatic rings. The topological polar surface area (TPSA) is 44.1 Å². The zero-order valence-corrected chi connectivity index (χ0v) is 8.49. The minimum Gasteiger partial charge on any atom is -0.461 e. The third-order valence-electron chi connectivity index (χ3n) is 2.42. The maximum Gasteiger partial charge on any atom is 0.358 e. The third-order valence-corrected chi connectivity index (χ3v) is 2.42. The smallest absolute Gasteiger partial charge is 0.358 e. The summed E-state index contributed by atoms with van der Waals surface area (Å²) in [6.45, 7) is 2.21. The first-order valence-corrected chi connectivity index (χ1v) is 4.92. The Morgan fingerprint density at radius 1 is 1.71 bits per heavy atom. The molecule has 0 radical (unpaired) electrons. The largest absolute Gasteiger partial charge is 0.461 e. The highest BCUT2D eigenvalue weighted by atomic mass is 16.5. The number of imidazole rings is 1. The van der Waals surface area contributed by atoms with E-state index in [2.05, 4.69) is 4.98 Å². The Balaban J connectivity index is 2.28. The molecule has 14 heavy (non-hydrogen) atoms. The van der Waals surface area contributed by atoms with Crippen LogP contribution in [0.5, 0.6) is 0 Å².